The van der Waals surface area contributed by atoms with Gasteiger partial charge in [-0.2, -0.15) is 0 Å². The summed E-state index contributed by atoms with van der Waals surface area (Å²) >= 11 is 7.95. The molecule has 0 N–H and O–H groups in total. The van der Waals surface area contributed by atoms with Gasteiger partial charge in [0, 0.05) is 20.5 Å². The number of nitrogens with zero attached hydrogens (tertiary/aromatic N) is 1. The molecule has 0 amide bonds. The van der Waals surface area contributed by atoms with Crippen molar-refractivity contribution in [2.24, 2.45) is 0 Å². The molecule has 0 saturated heterocycles. The minimum absolute atomic E-state index is 0.257. The molecule has 1 heterocycles. The Morgan fingerprint density at radius 2 is 2.08 bits per heavy atom. The van der Waals surface area contributed by atoms with E-state index in [1.165, 1.54) is 12.1 Å². The van der Waals surface area contributed by atoms with Crippen molar-refractivity contribution in [1.82, 2.24) is 4.98 Å². The maximum absolute atomic E-state index is 12.9. The second kappa shape index (κ2) is 3.38. The highest BCUT2D eigenvalue weighted by Crippen LogP contribution is 2.25. The second-order valence-corrected chi connectivity index (χ2v) is 4.11. The molecule has 0 aliphatic heterocycles. The van der Waals surface area contributed by atoms with E-state index in [0.29, 0.717) is 5.15 Å². The zero-order valence-corrected chi connectivity index (χ0v) is 9.30. The summed E-state index contributed by atoms with van der Waals surface area (Å²) in [5.74, 6) is -0.257. The van der Waals surface area contributed by atoms with Crippen molar-refractivity contribution in [3.63, 3.8) is 0 Å². The summed E-state index contributed by atoms with van der Waals surface area (Å²) in [6.07, 6.45) is 1.63. The smallest absolute Gasteiger partial charge is 0.136 e. The van der Waals surface area contributed by atoms with Gasteiger partial charge in [-0.25, -0.2) is 9.37 Å². The third kappa shape index (κ3) is 1.62. The quantitative estimate of drug-likeness (QED) is 0.535. The van der Waals surface area contributed by atoms with Crippen molar-refractivity contribution >= 4 is 45.0 Å². The number of fused-ring (bicyclic) bond motifs is 1. The molecule has 66 valence electrons. The average molecular weight is 307 g/mol. The molecule has 0 fully saturated rings. The van der Waals surface area contributed by atoms with Gasteiger partial charge in [0.2, 0.25) is 0 Å². The first-order valence-electron chi connectivity index (χ1n) is 3.58. The van der Waals surface area contributed by atoms with Crippen molar-refractivity contribution < 1.29 is 4.39 Å². The lowest BCUT2D eigenvalue weighted by molar-refractivity contribution is 0.629. The molecule has 1 aromatic carbocycles. The maximum atomic E-state index is 12.9. The molecule has 0 aliphatic rings. The van der Waals surface area contributed by atoms with Crippen LogP contribution in [0.1, 0.15) is 0 Å². The van der Waals surface area contributed by atoms with Gasteiger partial charge in [0.25, 0.3) is 0 Å². The first-order chi connectivity index (χ1) is 6.18. The lowest BCUT2D eigenvalue weighted by Crippen LogP contribution is -1.84. The summed E-state index contributed by atoms with van der Waals surface area (Å²) in [6.45, 7) is 0. The lowest BCUT2D eigenvalue weighted by Gasteiger charge is -2.01. The fourth-order valence-electron chi connectivity index (χ4n) is 1.15. The summed E-state index contributed by atoms with van der Waals surface area (Å²) in [6, 6.07) is 4.48. The number of hydrogen-bond acceptors (Lipinski definition) is 1. The maximum Gasteiger partial charge on any atom is 0.136 e. The van der Waals surface area contributed by atoms with Gasteiger partial charge in [0.05, 0.1) is 0 Å². The number of rotatable bonds is 0. The van der Waals surface area contributed by atoms with Gasteiger partial charge < -0.3 is 0 Å². The monoisotopic (exact) mass is 307 g/mol. The third-order valence-electron chi connectivity index (χ3n) is 1.75. The standard InChI is InChI=1S/C9H4ClFIN/c10-9-6-2-1-5(11)3-7(6)8(12)4-13-9/h1-4H. The molecule has 2 rings (SSSR count). The van der Waals surface area contributed by atoms with E-state index in [9.17, 15) is 4.39 Å². The fourth-order valence-corrected chi connectivity index (χ4v) is 1.95. The van der Waals surface area contributed by atoms with Crippen molar-refractivity contribution in [3.8, 4) is 0 Å². The predicted molar refractivity (Wildman–Crippen MR) is 59.4 cm³/mol. The summed E-state index contributed by atoms with van der Waals surface area (Å²) in [5.41, 5.74) is 0. The van der Waals surface area contributed by atoms with E-state index in [1.54, 1.807) is 12.3 Å². The highest BCUT2D eigenvalue weighted by atomic mass is 127. The summed E-state index contributed by atoms with van der Waals surface area (Å²) in [5, 5.41) is 2.01. The van der Waals surface area contributed by atoms with Crippen LogP contribution in [0.15, 0.2) is 24.4 Å². The van der Waals surface area contributed by atoms with Gasteiger partial charge in [0.15, 0.2) is 0 Å². The number of benzene rings is 1. The highest BCUT2D eigenvalue weighted by molar-refractivity contribution is 14.1. The molecule has 0 bridgehead atoms. The van der Waals surface area contributed by atoms with Gasteiger partial charge in [0.1, 0.15) is 11.0 Å². The van der Waals surface area contributed by atoms with Gasteiger partial charge in [-0.05, 0) is 40.8 Å². The zero-order chi connectivity index (χ0) is 9.42. The molecular weight excluding hydrogens is 303 g/mol. The summed E-state index contributed by atoms with van der Waals surface area (Å²) in [4.78, 5) is 3.97. The van der Waals surface area contributed by atoms with Crippen LogP contribution in [0, 0.1) is 9.39 Å². The van der Waals surface area contributed by atoms with Crippen LogP contribution < -0.4 is 0 Å². The molecule has 0 aliphatic carbocycles. The van der Waals surface area contributed by atoms with E-state index in [-0.39, 0.29) is 5.82 Å². The van der Waals surface area contributed by atoms with Crippen LogP contribution >= 0.6 is 34.2 Å². The van der Waals surface area contributed by atoms with Crippen LogP contribution in [0.4, 0.5) is 4.39 Å². The Labute approximate surface area is 93.1 Å². The number of halogens is 3. The summed E-state index contributed by atoms with van der Waals surface area (Å²) < 4.78 is 13.8. The molecule has 1 nitrogen and oxygen atoms in total. The number of pyridine rings is 1. The third-order valence-corrected chi connectivity index (χ3v) is 2.91. The van der Waals surface area contributed by atoms with Crippen LogP contribution in [-0.4, -0.2) is 4.98 Å². The van der Waals surface area contributed by atoms with Crippen molar-refractivity contribution in [3.05, 3.63) is 38.9 Å². The van der Waals surface area contributed by atoms with E-state index < -0.39 is 0 Å². The van der Waals surface area contributed by atoms with Crippen molar-refractivity contribution in [1.29, 1.82) is 0 Å². The van der Waals surface area contributed by atoms with Crippen LogP contribution in [0.25, 0.3) is 10.8 Å². The number of hydrogen-bond donors (Lipinski definition) is 0. The Morgan fingerprint density at radius 3 is 2.85 bits per heavy atom. The van der Waals surface area contributed by atoms with Gasteiger partial charge in [-0.15, -0.1) is 0 Å². The van der Waals surface area contributed by atoms with Crippen LogP contribution in [0.3, 0.4) is 0 Å². The minimum Gasteiger partial charge on any atom is -0.243 e. The first-order valence-corrected chi connectivity index (χ1v) is 5.03. The second-order valence-electron chi connectivity index (χ2n) is 2.59. The molecular formula is C9H4ClFIN. The van der Waals surface area contributed by atoms with E-state index in [1.807, 2.05) is 0 Å². The Morgan fingerprint density at radius 1 is 1.31 bits per heavy atom. The fraction of sp³-hybridized carbons (Fsp3) is 0. The molecule has 0 saturated carbocycles. The van der Waals surface area contributed by atoms with Crippen LogP contribution in [0.5, 0.6) is 0 Å². The topological polar surface area (TPSA) is 12.9 Å². The first kappa shape index (κ1) is 9.15. The lowest BCUT2D eigenvalue weighted by atomic mass is 10.2. The zero-order valence-electron chi connectivity index (χ0n) is 6.39. The molecule has 4 heteroatoms. The molecule has 2 aromatic rings. The van der Waals surface area contributed by atoms with Gasteiger partial charge in [-0.1, -0.05) is 11.6 Å². The van der Waals surface area contributed by atoms with E-state index in [4.69, 9.17) is 11.6 Å². The van der Waals surface area contributed by atoms with Gasteiger partial charge in [-0.3, -0.25) is 0 Å². The molecule has 0 atom stereocenters. The normalized spacial score (nSPS) is 10.7. The Kier molecular flexibility index (Phi) is 2.38. The van der Waals surface area contributed by atoms with Crippen molar-refractivity contribution in [2.75, 3.05) is 0 Å². The predicted octanol–water partition coefficient (Wildman–Crippen LogP) is 3.63. The van der Waals surface area contributed by atoms with E-state index in [0.717, 1.165) is 14.3 Å². The number of aromatic nitrogens is 1. The molecule has 1 aromatic heterocycles. The largest absolute Gasteiger partial charge is 0.243 e. The Bertz CT molecular complexity index is 472. The Hall–Kier alpha value is -0.420. The molecule has 0 unspecified atom stereocenters. The molecule has 13 heavy (non-hydrogen) atoms. The minimum atomic E-state index is -0.257. The van der Waals surface area contributed by atoms with E-state index in [2.05, 4.69) is 27.6 Å². The molecule has 0 radical (unpaired) electrons. The Balaban J connectivity index is 2.92. The van der Waals surface area contributed by atoms with Gasteiger partial charge >= 0.3 is 0 Å². The van der Waals surface area contributed by atoms with Crippen molar-refractivity contribution in [2.45, 2.75) is 0 Å². The summed E-state index contributed by atoms with van der Waals surface area (Å²) in [7, 11) is 0. The molecule has 0 spiro atoms. The van der Waals surface area contributed by atoms with Crippen LogP contribution in [-0.2, 0) is 0 Å². The van der Waals surface area contributed by atoms with Crippen LogP contribution in [0.2, 0.25) is 5.15 Å². The SMILES string of the molecule is Fc1ccc2c(Cl)ncc(I)c2c1. The average Bonchev–Trinajstić information content (AvgIpc) is 2.12. The van der Waals surface area contributed by atoms with E-state index >= 15 is 0 Å². The highest BCUT2D eigenvalue weighted by Gasteiger charge is 2.04.